The molecule has 0 bridgehead atoms. The van der Waals surface area contributed by atoms with E-state index in [1.807, 2.05) is 30.3 Å². The molecule has 4 nitrogen and oxygen atoms in total. The zero-order valence-corrected chi connectivity index (χ0v) is 14.9. The third-order valence-electron chi connectivity index (χ3n) is 4.38. The second kappa shape index (κ2) is 8.81. The Morgan fingerprint density at radius 1 is 0.741 bits per heavy atom. The standard InChI is InChI=1S/C23H21NO3/c25-22(24-16-4-7-17-5-2-1-3-6-17)20-12-8-18(9-13-20)19-10-14-21(15-11-19)23(26)27/h1-3,5-6,8-15H,4,7,16H2,(H,24,25)(H,26,27). The molecule has 0 saturated carbocycles. The maximum absolute atomic E-state index is 12.2. The van der Waals surface area contributed by atoms with Crippen LogP contribution in [0, 0.1) is 0 Å². The fraction of sp³-hybridized carbons (Fsp3) is 0.130. The average Bonchev–Trinajstić information content (AvgIpc) is 2.72. The van der Waals surface area contributed by atoms with Crippen molar-refractivity contribution in [2.75, 3.05) is 6.54 Å². The minimum Gasteiger partial charge on any atom is -0.478 e. The van der Waals surface area contributed by atoms with Crippen LogP contribution < -0.4 is 5.32 Å². The van der Waals surface area contributed by atoms with Crippen LogP contribution in [0.15, 0.2) is 78.9 Å². The van der Waals surface area contributed by atoms with Crippen LogP contribution in [0.3, 0.4) is 0 Å². The third-order valence-corrected chi connectivity index (χ3v) is 4.38. The molecule has 0 unspecified atom stereocenters. The summed E-state index contributed by atoms with van der Waals surface area (Å²) in [5.41, 5.74) is 3.98. The van der Waals surface area contributed by atoms with Gasteiger partial charge in [-0.3, -0.25) is 4.79 Å². The molecule has 0 aliphatic heterocycles. The van der Waals surface area contributed by atoms with Crippen molar-refractivity contribution in [3.8, 4) is 11.1 Å². The van der Waals surface area contributed by atoms with Gasteiger partial charge in [0.25, 0.3) is 5.91 Å². The van der Waals surface area contributed by atoms with E-state index >= 15 is 0 Å². The predicted octanol–water partition coefficient (Wildman–Crippen LogP) is 4.41. The zero-order chi connectivity index (χ0) is 19.1. The lowest BCUT2D eigenvalue weighted by Crippen LogP contribution is -2.24. The lowest BCUT2D eigenvalue weighted by atomic mass is 10.0. The molecule has 0 aromatic heterocycles. The fourth-order valence-electron chi connectivity index (χ4n) is 2.86. The number of amides is 1. The van der Waals surface area contributed by atoms with Crippen molar-refractivity contribution in [2.45, 2.75) is 12.8 Å². The van der Waals surface area contributed by atoms with Gasteiger partial charge in [-0.1, -0.05) is 54.6 Å². The summed E-state index contributed by atoms with van der Waals surface area (Å²) >= 11 is 0. The van der Waals surface area contributed by atoms with E-state index in [-0.39, 0.29) is 11.5 Å². The van der Waals surface area contributed by atoms with E-state index in [1.54, 1.807) is 36.4 Å². The molecule has 0 aliphatic carbocycles. The molecular formula is C23H21NO3. The van der Waals surface area contributed by atoms with Gasteiger partial charge in [0.1, 0.15) is 0 Å². The van der Waals surface area contributed by atoms with Gasteiger partial charge in [0.15, 0.2) is 0 Å². The van der Waals surface area contributed by atoms with E-state index in [1.165, 1.54) is 5.56 Å². The molecule has 4 heteroatoms. The van der Waals surface area contributed by atoms with Crippen LogP contribution in [0.25, 0.3) is 11.1 Å². The van der Waals surface area contributed by atoms with Gasteiger partial charge in [0.2, 0.25) is 0 Å². The van der Waals surface area contributed by atoms with Gasteiger partial charge in [-0.05, 0) is 53.8 Å². The largest absolute Gasteiger partial charge is 0.478 e. The van der Waals surface area contributed by atoms with E-state index < -0.39 is 5.97 Å². The second-order valence-electron chi connectivity index (χ2n) is 6.30. The highest BCUT2D eigenvalue weighted by Crippen LogP contribution is 2.20. The maximum atomic E-state index is 12.2. The van der Waals surface area contributed by atoms with E-state index in [4.69, 9.17) is 5.11 Å². The van der Waals surface area contributed by atoms with Gasteiger partial charge in [-0.25, -0.2) is 4.79 Å². The lowest BCUT2D eigenvalue weighted by Gasteiger charge is -2.07. The number of nitrogens with one attached hydrogen (secondary N) is 1. The van der Waals surface area contributed by atoms with Crippen molar-refractivity contribution in [3.05, 3.63) is 95.6 Å². The van der Waals surface area contributed by atoms with Crippen LogP contribution in [0.2, 0.25) is 0 Å². The minimum atomic E-state index is -0.944. The molecule has 3 aromatic rings. The van der Waals surface area contributed by atoms with Crippen LogP contribution >= 0.6 is 0 Å². The monoisotopic (exact) mass is 359 g/mol. The average molecular weight is 359 g/mol. The fourth-order valence-corrected chi connectivity index (χ4v) is 2.86. The van der Waals surface area contributed by atoms with Gasteiger partial charge < -0.3 is 10.4 Å². The highest BCUT2D eigenvalue weighted by molar-refractivity contribution is 5.94. The molecule has 0 heterocycles. The van der Waals surface area contributed by atoms with Crippen LogP contribution in [-0.4, -0.2) is 23.5 Å². The van der Waals surface area contributed by atoms with Crippen LogP contribution in [0.5, 0.6) is 0 Å². The van der Waals surface area contributed by atoms with Gasteiger partial charge in [-0.2, -0.15) is 0 Å². The first kappa shape index (κ1) is 18.4. The van der Waals surface area contributed by atoms with Gasteiger partial charge in [0, 0.05) is 12.1 Å². The Morgan fingerprint density at radius 3 is 1.85 bits per heavy atom. The van der Waals surface area contributed by atoms with E-state index in [2.05, 4.69) is 17.4 Å². The first-order chi connectivity index (χ1) is 13.1. The van der Waals surface area contributed by atoms with Gasteiger partial charge >= 0.3 is 5.97 Å². The molecule has 0 spiro atoms. The molecule has 27 heavy (non-hydrogen) atoms. The number of benzene rings is 3. The van der Waals surface area contributed by atoms with E-state index in [0.717, 1.165) is 24.0 Å². The summed E-state index contributed by atoms with van der Waals surface area (Å²) in [6.45, 7) is 0.631. The summed E-state index contributed by atoms with van der Waals surface area (Å²) in [4.78, 5) is 23.2. The predicted molar refractivity (Wildman–Crippen MR) is 106 cm³/mol. The Bertz CT molecular complexity index is 901. The molecule has 3 rings (SSSR count). The Morgan fingerprint density at radius 2 is 1.30 bits per heavy atom. The van der Waals surface area contributed by atoms with Crippen molar-refractivity contribution in [1.29, 1.82) is 0 Å². The van der Waals surface area contributed by atoms with E-state index in [9.17, 15) is 9.59 Å². The number of carboxylic acids is 1. The van der Waals surface area contributed by atoms with Crippen molar-refractivity contribution in [2.24, 2.45) is 0 Å². The molecule has 2 N–H and O–H groups in total. The minimum absolute atomic E-state index is 0.0872. The smallest absolute Gasteiger partial charge is 0.335 e. The molecule has 0 saturated heterocycles. The molecule has 0 fully saturated rings. The van der Waals surface area contributed by atoms with Gasteiger partial charge in [-0.15, -0.1) is 0 Å². The van der Waals surface area contributed by atoms with Crippen molar-refractivity contribution >= 4 is 11.9 Å². The number of rotatable bonds is 7. The summed E-state index contributed by atoms with van der Waals surface area (Å²) in [5, 5.41) is 11.9. The van der Waals surface area contributed by atoms with Crippen molar-refractivity contribution in [3.63, 3.8) is 0 Å². The van der Waals surface area contributed by atoms with Crippen molar-refractivity contribution < 1.29 is 14.7 Å². The molecule has 136 valence electrons. The summed E-state index contributed by atoms with van der Waals surface area (Å²) in [6, 6.07) is 24.2. The Kier molecular flexibility index (Phi) is 6.00. The van der Waals surface area contributed by atoms with Crippen LogP contribution in [0.1, 0.15) is 32.7 Å². The first-order valence-electron chi connectivity index (χ1n) is 8.89. The SMILES string of the molecule is O=C(O)c1ccc(-c2ccc(C(=O)NCCCc3ccccc3)cc2)cc1. The maximum Gasteiger partial charge on any atom is 0.335 e. The number of hydrogen-bond acceptors (Lipinski definition) is 2. The highest BCUT2D eigenvalue weighted by Gasteiger charge is 2.07. The normalized spacial score (nSPS) is 10.4. The quantitative estimate of drug-likeness (QED) is 0.614. The Hall–Kier alpha value is -3.40. The summed E-state index contributed by atoms with van der Waals surface area (Å²) in [7, 11) is 0. The number of carboxylic acid groups (broad SMARTS) is 1. The number of carbonyl (C=O) groups excluding carboxylic acids is 1. The number of aromatic carboxylic acids is 1. The Balaban J connectivity index is 1.53. The molecular weight excluding hydrogens is 338 g/mol. The Labute approximate surface area is 158 Å². The number of aryl methyl sites for hydroxylation is 1. The lowest BCUT2D eigenvalue weighted by molar-refractivity contribution is 0.0696. The highest BCUT2D eigenvalue weighted by atomic mass is 16.4. The molecule has 0 aliphatic rings. The molecule has 3 aromatic carbocycles. The van der Waals surface area contributed by atoms with Crippen LogP contribution in [-0.2, 0) is 6.42 Å². The second-order valence-corrected chi connectivity index (χ2v) is 6.30. The molecule has 0 atom stereocenters. The molecule has 1 amide bonds. The summed E-state index contributed by atoms with van der Waals surface area (Å²) in [6.07, 6.45) is 1.83. The topological polar surface area (TPSA) is 66.4 Å². The van der Waals surface area contributed by atoms with Gasteiger partial charge in [0.05, 0.1) is 5.56 Å². The zero-order valence-electron chi connectivity index (χ0n) is 14.9. The first-order valence-corrected chi connectivity index (χ1v) is 8.89. The van der Waals surface area contributed by atoms with Crippen LogP contribution in [0.4, 0.5) is 0 Å². The number of hydrogen-bond donors (Lipinski definition) is 2. The third kappa shape index (κ3) is 5.05. The molecule has 0 radical (unpaired) electrons. The summed E-state index contributed by atoms with van der Waals surface area (Å²) < 4.78 is 0. The van der Waals surface area contributed by atoms with E-state index in [0.29, 0.717) is 12.1 Å². The van der Waals surface area contributed by atoms with Crippen molar-refractivity contribution in [1.82, 2.24) is 5.32 Å². The number of carbonyl (C=O) groups is 2. The summed E-state index contributed by atoms with van der Waals surface area (Å²) in [5.74, 6) is -1.03.